The molecule has 1 aromatic carbocycles. The maximum atomic E-state index is 13.2. The van der Waals surface area contributed by atoms with Crippen LogP contribution in [-0.4, -0.2) is 19.6 Å². The summed E-state index contributed by atoms with van der Waals surface area (Å²) in [5.74, 6) is -0.503. The van der Waals surface area contributed by atoms with Crippen LogP contribution in [0, 0.1) is 12.7 Å². The predicted octanol–water partition coefficient (Wildman–Crippen LogP) is 2.74. The number of hydrogen-bond donors (Lipinski definition) is 1. The van der Waals surface area contributed by atoms with Crippen LogP contribution in [0.4, 0.5) is 4.39 Å². The third-order valence-electron chi connectivity index (χ3n) is 2.82. The molecule has 0 bridgehead atoms. The first kappa shape index (κ1) is 14.6. The van der Waals surface area contributed by atoms with Gasteiger partial charge in [-0.25, -0.2) is 4.39 Å². The molecule has 0 saturated carbocycles. The first-order valence-corrected chi connectivity index (χ1v) is 6.14. The van der Waals surface area contributed by atoms with Gasteiger partial charge in [0.1, 0.15) is 5.82 Å². The molecule has 0 heterocycles. The number of hydrogen-bond acceptors (Lipinski definition) is 3. The maximum Gasteiger partial charge on any atom is 0.307 e. The molecule has 4 heteroatoms. The van der Waals surface area contributed by atoms with Crippen molar-refractivity contribution in [3.8, 4) is 0 Å². The van der Waals surface area contributed by atoms with Crippen LogP contribution in [0.5, 0.6) is 0 Å². The monoisotopic (exact) mass is 253 g/mol. The number of carbonyl (C=O) groups excluding carboxylic acids is 1. The van der Waals surface area contributed by atoms with Gasteiger partial charge in [-0.2, -0.15) is 0 Å². The van der Waals surface area contributed by atoms with Gasteiger partial charge in [-0.1, -0.05) is 19.1 Å². The highest BCUT2D eigenvalue weighted by Crippen LogP contribution is 2.20. The molecule has 1 rings (SSSR count). The normalized spacial score (nSPS) is 12.2. The Bertz CT molecular complexity index is 407. The molecule has 0 amide bonds. The number of halogens is 1. The van der Waals surface area contributed by atoms with E-state index >= 15 is 0 Å². The first-order valence-electron chi connectivity index (χ1n) is 6.14. The molecule has 0 radical (unpaired) electrons. The van der Waals surface area contributed by atoms with Gasteiger partial charge in [0.25, 0.3) is 0 Å². The highest BCUT2D eigenvalue weighted by Gasteiger charge is 2.16. The van der Waals surface area contributed by atoms with Gasteiger partial charge in [0.15, 0.2) is 0 Å². The van der Waals surface area contributed by atoms with Gasteiger partial charge in [0, 0.05) is 6.04 Å². The Balaban J connectivity index is 2.86. The average molecular weight is 253 g/mol. The lowest BCUT2D eigenvalue weighted by Crippen LogP contribution is -2.25. The van der Waals surface area contributed by atoms with E-state index in [1.165, 1.54) is 13.2 Å². The van der Waals surface area contributed by atoms with Crippen LogP contribution < -0.4 is 5.32 Å². The van der Waals surface area contributed by atoms with E-state index in [1.807, 2.05) is 0 Å². The molecule has 1 atom stereocenters. The largest absolute Gasteiger partial charge is 0.469 e. The van der Waals surface area contributed by atoms with E-state index in [0.717, 1.165) is 18.5 Å². The van der Waals surface area contributed by atoms with Crippen LogP contribution in [0.25, 0.3) is 0 Å². The molecule has 100 valence electrons. The minimum absolute atomic E-state index is 0.128. The molecule has 0 aliphatic heterocycles. The van der Waals surface area contributed by atoms with Crippen LogP contribution in [-0.2, 0) is 9.53 Å². The zero-order valence-electron chi connectivity index (χ0n) is 11.1. The minimum Gasteiger partial charge on any atom is -0.469 e. The van der Waals surface area contributed by atoms with E-state index in [1.54, 1.807) is 19.1 Å². The lowest BCUT2D eigenvalue weighted by atomic mass is 10.0. The summed E-state index contributed by atoms with van der Waals surface area (Å²) in [6.45, 7) is 4.57. The number of benzene rings is 1. The molecule has 3 nitrogen and oxygen atoms in total. The average Bonchev–Trinajstić information content (AvgIpc) is 2.37. The van der Waals surface area contributed by atoms with E-state index < -0.39 is 0 Å². The number of nitrogens with one attached hydrogen (secondary N) is 1. The van der Waals surface area contributed by atoms with Gasteiger partial charge in [-0.3, -0.25) is 4.79 Å². The smallest absolute Gasteiger partial charge is 0.307 e. The Hall–Kier alpha value is -1.42. The zero-order valence-corrected chi connectivity index (χ0v) is 11.1. The summed E-state index contributed by atoms with van der Waals surface area (Å²) in [7, 11) is 1.37. The van der Waals surface area contributed by atoms with E-state index in [9.17, 15) is 9.18 Å². The number of ether oxygens (including phenoxy) is 1. The molecule has 0 saturated heterocycles. The van der Waals surface area contributed by atoms with Crippen LogP contribution in [0.15, 0.2) is 18.2 Å². The van der Waals surface area contributed by atoms with Crippen LogP contribution in [0.3, 0.4) is 0 Å². The van der Waals surface area contributed by atoms with E-state index in [-0.39, 0.29) is 24.2 Å². The summed E-state index contributed by atoms with van der Waals surface area (Å²) in [5.41, 5.74) is 1.49. The van der Waals surface area contributed by atoms with Gasteiger partial charge >= 0.3 is 5.97 Å². The quantitative estimate of drug-likeness (QED) is 0.792. The topological polar surface area (TPSA) is 38.3 Å². The van der Waals surface area contributed by atoms with Crippen molar-refractivity contribution in [2.75, 3.05) is 13.7 Å². The molecule has 18 heavy (non-hydrogen) atoms. The lowest BCUT2D eigenvalue weighted by Gasteiger charge is -2.18. The number of rotatable bonds is 6. The molecule has 0 aliphatic rings. The lowest BCUT2D eigenvalue weighted by molar-refractivity contribution is -0.141. The molecule has 0 aliphatic carbocycles. The fourth-order valence-corrected chi connectivity index (χ4v) is 1.76. The second kappa shape index (κ2) is 7.11. The number of aryl methyl sites for hydroxylation is 1. The van der Waals surface area contributed by atoms with Crippen molar-refractivity contribution in [3.63, 3.8) is 0 Å². The Labute approximate surface area is 107 Å². The predicted molar refractivity (Wildman–Crippen MR) is 68.8 cm³/mol. The second-order valence-corrected chi connectivity index (χ2v) is 4.30. The zero-order chi connectivity index (χ0) is 13.5. The van der Waals surface area contributed by atoms with Gasteiger partial charge in [-0.05, 0) is 37.1 Å². The molecule has 0 fully saturated rings. The van der Waals surface area contributed by atoms with Gasteiger partial charge in [0.2, 0.25) is 0 Å². The SMILES string of the molecule is CCCNC(CC(=O)OC)c1ccc(F)c(C)c1. The Morgan fingerprint density at radius 1 is 1.50 bits per heavy atom. The standard InChI is InChI=1S/C14H20FNO2/c1-4-7-16-13(9-14(17)18-3)11-5-6-12(15)10(2)8-11/h5-6,8,13,16H,4,7,9H2,1-3H3. The summed E-state index contributed by atoms with van der Waals surface area (Å²) >= 11 is 0. The third-order valence-corrected chi connectivity index (χ3v) is 2.82. The fourth-order valence-electron chi connectivity index (χ4n) is 1.76. The molecule has 1 aromatic rings. The summed E-state index contributed by atoms with van der Waals surface area (Å²) in [4.78, 5) is 11.4. The summed E-state index contributed by atoms with van der Waals surface area (Å²) in [6.07, 6.45) is 1.22. The molecular weight excluding hydrogens is 233 g/mol. The van der Waals surface area contributed by atoms with Crippen molar-refractivity contribution in [1.82, 2.24) is 5.32 Å². The number of methoxy groups -OCH3 is 1. The van der Waals surface area contributed by atoms with Gasteiger partial charge in [-0.15, -0.1) is 0 Å². The molecule has 1 unspecified atom stereocenters. The number of esters is 1. The second-order valence-electron chi connectivity index (χ2n) is 4.30. The Kier molecular flexibility index (Phi) is 5.78. The van der Waals surface area contributed by atoms with Crippen molar-refractivity contribution in [2.45, 2.75) is 32.7 Å². The maximum absolute atomic E-state index is 13.2. The van der Waals surface area contributed by atoms with Crippen molar-refractivity contribution < 1.29 is 13.9 Å². The van der Waals surface area contributed by atoms with Gasteiger partial charge < -0.3 is 10.1 Å². The van der Waals surface area contributed by atoms with Crippen LogP contribution in [0.2, 0.25) is 0 Å². The first-order chi connectivity index (χ1) is 8.58. The Morgan fingerprint density at radius 2 is 2.22 bits per heavy atom. The van der Waals surface area contributed by atoms with Crippen molar-refractivity contribution >= 4 is 5.97 Å². The van der Waals surface area contributed by atoms with E-state index in [4.69, 9.17) is 0 Å². The summed E-state index contributed by atoms with van der Waals surface area (Å²) < 4.78 is 17.9. The fraction of sp³-hybridized carbons (Fsp3) is 0.500. The molecule has 1 N–H and O–H groups in total. The van der Waals surface area contributed by atoms with Crippen LogP contribution in [0.1, 0.15) is 36.9 Å². The van der Waals surface area contributed by atoms with Gasteiger partial charge in [0.05, 0.1) is 13.5 Å². The molecular formula is C14H20FNO2. The third kappa shape index (κ3) is 4.11. The van der Waals surface area contributed by atoms with E-state index in [0.29, 0.717) is 5.56 Å². The Morgan fingerprint density at radius 3 is 2.78 bits per heavy atom. The summed E-state index contributed by atoms with van der Waals surface area (Å²) in [5, 5.41) is 3.27. The minimum atomic E-state index is -0.273. The van der Waals surface area contributed by atoms with Crippen molar-refractivity contribution in [2.24, 2.45) is 0 Å². The highest BCUT2D eigenvalue weighted by molar-refractivity contribution is 5.70. The van der Waals surface area contributed by atoms with Crippen molar-refractivity contribution in [3.05, 3.63) is 35.1 Å². The van der Waals surface area contributed by atoms with Crippen molar-refractivity contribution in [1.29, 1.82) is 0 Å². The van der Waals surface area contributed by atoms with E-state index in [2.05, 4.69) is 17.0 Å². The molecule has 0 spiro atoms. The van der Waals surface area contributed by atoms with Crippen LogP contribution >= 0.6 is 0 Å². The molecule has 0 aromatic heterocycles. The number of carbonyl (C=O) groups is 1. The highest BCUT2D eigenvalue weighted by atomic mass is 19.1. The summed E-state index contributed by atoms with van der Waals surface area (Å²) in [6, 6.07) is 4.78.